The van der Waals surface area contributed by atoms with E-state index in [1.807, 2.05) is 25.1 Å². The number of nitrogens with one attached hydrogen (secondary N) is 1. The summed E-state index contributed by atoms with van der Waals surface area (Å²) in [5.41, 5.74) is 5.30. The molecule has 2 rings (SSSR count). The van der Waals surface area contributed by atoms with Gasteiger partial charge < -0.3 is 4.74 Å². The molecule has 0 saturated heterocycles. The molecular weight excluding hydrogens is 291 g/mol. The Morgan fingerprint density at radius 2 is 2.10 bits per heavy atom. The highest BCUT2D eigenvalue weighted by Crippen LogP contribution is 2.27. The number of nitrogens with two attached hydrogens (primary N) is 1. The summed E-state index contributed by atoms with van der Waals surface area (Å²) in [6, 6.07) is 10.5. The second-order valence-corrected chi connectivity index (χ2v) is 5.27. The van der Waals surface area contributed by atoms with E-state index in [2.05, 4.69) is 5.43 Å². The molecule has 0 aromatic heterocycles. The standard InChI is InChI=1S/C16H18ClFN2O/c1-10-8-12(21-2)6-7-13(10)15(20-19)9-11-4-3-5-14(17)16(11)18/h3-8,15,20H,9,19H2,1-2H3. The van der Waals surface area contributed by atoms with Crippen LogP contribution in [0.3, 0.4) is 0 Å². The van der Waals surface area contributed by atoms with E-state index in [1.54, 1.807) is 19.2 Å². The molecule has 5 heteroatoms. The van der Waals surface area contributed by atoms with Gasteiger partial charge in [0.15, 0.2) is 0 Å². The Kier molecular flexibility index (Phi) is 5.17. The first kappa shape index (κ1) is 15.8. The fraction of sp³-hybridized carbons (Fsp3) is 0.250. The quantitative estimate of drug-likeness (QED) is 0.656. The van der Waals surface area contributed by atoms with Crippen LogP contribution >= 0.6 is 11.6 Å². The summed E-state index contributed by atoms with van der Waals surface area (Å²) in [4.78, 5) is 0. The van der Waals surface area contributed by atoms with Crippen molar-refractivity contribution >= 4 is 11.6 Å². The van der Waals surface area contributed by atoms with Crippen LogP contribution in [0.15, 0.2) is 36.4 Å². The number of ether oxygens (including phenoxy) is 1. The molecule has 0 amide bonds. The predicted octanol–water partition coefficient (Wildman–Crippen LogP) is 3.54. The van der Waals surface area contributed by atoms with E-state index in [0.717, 1.165) is 16.9 Å². The van der Waals surface area contributed by atoms with E-state index in [1.165, 1.54) is 6.07 Å². The van der Waals surface area contributed by atoms with Gasteiger partial charge in [0.2, 0.25) is 0 Å². The molecule has 0 aliphatic heterocycles. The number of aryl methyl sites for hydroxylation is 1. The number of methoxy groups -OCH3 is 1. The topological polar surface area (TPSA) is 47.3 Å². The summed E-state index contributed by atoms with van der Waals surface area (Å²) in [5.74, 6) is 6.02. The van der Waals surface area contributed by atoms with Crippen LogP contribution in [0.4, 0.5) is 4.39 Å². The molecule has 0 spiro atoms. The number of hydrazine groups is 1. The molecule has 3 N–H and O–H groups in total. The van der Waals surface area contributed by atoms with E-state index >= 15 is 0 Å². The highest BCUT2D eigenvalue weighted by molar-refractivity contribution is 6.30. The lowest BCUT2D eigenvalue weighted by molar-refractivity contribution is 0.413. The Morgan fingerprint density at radius 3 is 2.71 bits per heavy atom. The normalized spacial score (nSPS) is 12.2. The van der Waals surface area contributed by atoms with Crippen molar-refractivity contribution in [2.75, 3.05) is 7.11 Å². The predicted molar refractivity (Wildman–Crippen MR) is 82.9 cm³/mol. The fourth-order valence-corrected chi connectivity index (χ4v) is 2.54. The molecule has 21 heavy (non-hydrogen) atoms. The number of hydrogen-bond donors (Lipinski definition) is 2. The van der Waals surface area contributed by atoms with Gasteiger partial charge in [0, 0.05) is 0 Å². The van der Waals surface area contributed by atoms with E-state index in [9.17, 15) is 4.39 Å². The van der Waals surface area contributed by atoms with Crippen LogP contribution in [-0.2, 0) is 6.42 Å². The van der Waals surface area contributed by atoms with Gasteiger partial charge in [-0.3, -0.25) is 11.3 Å². The van der Waals surface area contributed by atoms with Crippen molar-refractivity contribution in [3.63, 3.8) is 0 Å². The van der Waals surface area contributed by atoms with Gasteiger partial charge in [0.05, 0.1) is 18.2 Å². The van der Waals surface area contributed by atoms with Gasteiger partial charge in [-0.05, 0) is 48.2 Å². The van der Waals surface area contributed by atoms with Gasteiger partial charge in [-0.15, -0.1) is 0 Å². The van der Waals surface area contributed by atoms with Gasteiger partial charge >= 0.3 is 0 Å². The maximum atomic E-state index is 14.0. The SMILES string of the molecule is COc1ccc(C(Cc2cccc(Cl)c2F)NN)c(C)c1. The molecule has 0 aliphatic rings. The molecule has 0 fully saturated rings. The number of rotatable bonds is 5. The van der Waals surface area contributed by atoms with Crippen LogP contribution in [0.25, 0.3) is 0 Å². The van der Waals surface area contributed by atoms with E-state index in [0.29, 0.717) is 12.0 Å². The lowest BCUT2D eigenvalue weighted by atomic mass is 9.95. The second-order valence-electron chi connectivity index (χ2n) is 4.86. The summed E-state index contributed by atoms with van der Waals surface area (Å²) in [5, 5.41) is 0.120. The van der Waals surface area contributed by atoms with Crippen molar-refractivity contribution in [1.82, 2.24) is 5.43 Å². The molecule has 0 heterocycles. The summed E-state index contributed by atoms with van der Waals surface area (Å²) >= 11 is 5.81. The third kappa shape index (κ3) is 3.53. The van der Waals surface area contributed by atoms with E-state index in [4.69, 9.17) is 22.2 Å². The zero-order chi connectivity index (χ0) is 15.4. The van der Waals surface area contributed by atoms with Crippen molar-refractivity contribution in [1.29, 1.82) is 0 Å². The van der Waals surface area contributed by atoms with Crippen LogP contribution in [0.1, 0.15) is 22.7 Å². The van der Waals surface area contributed by atoms with Crippen LogP contribution in [0, 0.1) is 12.7 Å². The minimum atomic E-state index is -0.398. The summed E-state index contributed by atoms with van der Waals surface area (Å²) in [7, 11) is 1.62. The lowest BCUT2D eigenvalue weighted by Gasteiger charge is -2.19. The van der Waals surface area contributed by atoms with E-state index in [-0.39, 0.29) is 11.1 Å². The highest BCUT2D eigenvalue weighted by atomic mass is 35.5. The molecule has 1 unspecified atom stereocenters. The Morgan fingerprint density at radius 1 is 1.33 bits per heavy atom. The molecule has 3 nitrogen and oxygen atoms in total. The first-order valence-electron chi connectivity index (χ1n) is 6.60. The largest absolute Gasteiger partial charge is 0.497 e. The Hall–Kier alpha value is -1.62. The van der Waals surface area contributed by atoms with Crippen LogP contribution in [0.2, 0.25) is 5.02 Å². The monoisotopic (exact) mass is 308 g/mol. The Bertz CT molecular complexity index is 634. The Balaban J connectivity index is 2.30. The van der Waals surface area contributed by atoms with Crippen molar-refractivity contribution in [3.8, 4) is 5.75 Å². The van der Waals surface area contributed by atoms with Gasteiger partial charge in [-0.1, -0.05) is 29.8 Å². The van der Waals surface area contributed by atoms with Gasteiger partial charge in [-0.25, -0.2) is 4.39 Å². The molecule has 2 aromatic rings. The third-order valence-corrected chi connectivity index (χ3v) is 3.80. The first-order valence-corrected chi connectivity index (χ1v) is 6.98. The Labute approximate surface area is 128 Å². The molecule has 2 aromatic carbocycles. The average Bonchev–Trinajstić information content (AvgIpc) is 2.49. The van der Waals surface area contributed by atoms with Crippen LogP contribution < -0.4 is 16.0 Å². The fourth-order valence-electron chi connectivity index (χ4n) is 2.35. The molecule has 0 bridgehead atoms. The zero-order valence-corrected chi connectivity index (χ0v) is 12.7. The van der Waals surface area contributed by atoms with Gasteiger partial charge in [0.25, 0.3) is 0 Å². The summed E-state index contributed by atoms with van der Waals surface area (Å²) < 4.78 is 19.2. The maximum absolute atomic E-state index is 14.0. The lowest BCUT2D eigenvalue weighted by Crippen LogP contribution is -2.30. The zero-order valence-electron chi connectivity index (χ0n) is 12.0. The smallest absolute Gasteiger partial charge is 0.145 e. The number of hydrogen-bond acceptors (Lipinski definition) is 3. The van der Waals surface area contributed by atoms with Crippen LogP contribution in [-0.4, -0.2) is 7.11 Å². The molecule has 0 radical (unpaired) electrons. The molecule has 0 saturated carbocycles. The highest BCUT2D eigenvalue weighted by Gasteiger charge is 2.16. The van der Waals surface area contributed by atoms with Crippen molar-refractivity contribution in [2.45, 2.75) is 19.4 Å². The number of halogens is 2. The van der Waals surface area contributed by atoms with E-state index < -0.39 is 5.82 Å². The minimum absolute atomic E-state index is 0.120. The van der Waals surface area contributed by atoms with Gasteiger partial charge in [-0.2, -0.15) is 0 Å². The number of benzene rings is 2. The third-order valence-electron chi connectivity index (χ3n) is 3.51. The second kappa shape index (κ2) is 6.89. The minimum Gasteiger partial charge on any atom is -0.497 e. The maximum Gasteiger partial charge on any atom is 0.145 e. The molecular formula is C16H18ClFN2O. The molecule has 0 aliphatic carbocycles. The van der Waals surface area contributed by atoms with Crippen molar-refractivity contribution < 1.29 is 9.13 Å². The molecule has 1 atom stereocenters. The van der Waals surface area contributed by atoms with Gasteiger partial charge in [0.1, 0.15) is 11.6 Å². The van der Waals surface area contributed by atoms with Crippen LogP contribution in [0.5, 0.6) is 5.75 Å². The first-order chi connectivity index (χ1) is 10.1. The summed E-state index contributed by atoms with van der Waals surface area (Å²) in [6.45, 7) is 1.97. The summed E-state index contributed by atoms with van der Waals surface area (Å²) in [6.07, 6.45) is 0.413. The van der Waals surface area contributed by atoms with Crippen molar-refractivity contribution in [3.05, 3.63) is 63.9 Å². The molecule has 112 valence electrons. The van der Waals surface area contributed by atoms with Crippen molar-refractivity contribution in [2.24, 2.45) is 5.84 Å². The average molecular weight is 309 g/mol.